The van der Waals surface area contributed by atoms with Gasteiger partial charge < -0.3 is 10.1 Å². The van der Waals surface area contributed by atoms with Crippen molar-refractivity contribution in [2.45, 2.75) is 43.5 Å². The number of aromatic nitrogens is 1. The summed E-state index contributed by atoms with van der Waals surface area (Å²) in [6.45, 7) is 0.651. The van der Waals surface area contributed by atoms with Crippen molar-refractivity contribution in [2.24, 2.45) is 0 Å². The SMILES string of the molecule is COc1ncccc1CNC1CCCC(S(C)(=O)=O)C1. The number of rotatable bonds is 5. The molecular formula is C14H22N2O3S. The van der Waals surface area contributed by atoms with Crippen LogP contribution >= 0.6 is 0 Å². The second-order valence-electron chi connectivity index (χ2n) is 5.37. The second kappa shape index (κ2) is 6.54. The number of hydrogen-bond acceptors (Lipinski definition) is 5. The minimum absolute atomic E-state index is 0.204. The number of ether oxygens (including phenoxy) is 1. The van der Waals surface area contributed by atoms with Gasteiger partial charge in [-0.25, -0.2) is 13.4 Å². The predicted octanol–water partition coefficient (Wildman–Crippen LogP) is 1.54. The zero-order valence-electron chi connectivity index (χ0n) is 12.0. The average molecular weight is 298 g/mol. The first-order chi connectivity index (χ1) is 9.50. The molecule has 0 spiro atoms. The maximum Gasteiger partial charge on any atom is 0.217 e. The van der Waals surface area contributed by atoms with Crippen LogP contribution in [0.4, 0.5) is 0 Å². The van der Waals surface area contributed by atoms with E-state index in [0.29, 0.717) is 18.8 Å². The summed E-state index contributed by atoms with van der Waals surface area (Å²) in [6.07, 6.45) is 6.50. The summed E-state index contributed by atoms with van der Waals surface area (Å²) in [5.41, 5.74) is 0.997. The molecule has 1 aliphatic rings. The molecule has 1 aliphatic carbocycles. The van der Waals surface area contributed by atoms with E-state index in [2.05, 4.69) is 10.3 Å². The number of sulfone groups is 1. The second-order valence-corrected chi connectivity index (χ2v) is 7.69. The van der Waals surface area contributed by atoms with E-state index in [4.69, 9.17) is 4.74 Å². The van der Waals surface area contributed by atoms with Crippen molar-refractivity contribution in [3.63, 3.8) is 0 Å². The Hall–Kier alpha value is -1.14. The molecule has 0 bridgehead atoms. The quantitative estimate of drug-likeness (QED) is 0.893. The van der Waals surface area contributed by atoms with Crippen molar-refractivity contribution >= 4 is 9.84 Å². The van der Waals surface area contributed by atoms with Crippen molar-refractivity contribution in [1.29, 1.82) is 0 Å². The smallest absolute Gasteiger partial charge is 0.217 e. The lowest BCUT2D eigenvalue weighted by Crippen LogP contribution is -2.38. The van der Waals surface area contributed by atoms with Gasteiger partial charge in [-0.3, -0.25) is 0 Å². The summed E-state index contributed by atoms with van der Waals surface area (Å²) < 4.78 is 28.5. The predicted molar refractivity (Wildman–Crippen MR) is 78.5 cm³/mol. The molecule has 0 aliphatic heterocycles. The maximum atomic E-state index is 11.6. The van der Waals surface area contributed by atoms with Gasteiger partial charge in [-0.2, -0.15) is 0 Å². The Morgan fingerprint density at radius 2 is 2.25 bits per heavy atom. The van der Waals surface area contributed by atoms with Gasteiger partial charge >= 0.3 is 0 Å². The van der Waals surface area contributed by atoms with Crippen molar-refractivity contribution in [2.75, 3.05) is 13.4 Å². The van der Waals surface area contributed by atoms with Crippen molar-refractivity contribution < 1.29 is 13.2 Å². The molecule has 0 saturated heterocycles. The topological polar surface area (TPSA) is 68.3 Å². The zero-order valence-corrected chi connectivity index (χ0v) is 12.8. The van der Waals surface area contributed by atoms with Crippen LogP contribution in [0.1, 0.15) is 31.2 Å². The highest BCUT2D eigenvalue weighted by Crippen LogP contribution is 2.24. The molecule has 1 fully saturated rings. The molecule has 2 unspecified atom stereocenters. The Kier molecular flexibility index (Phi) is 4.99. The van der Waals surface area contributed by atoms with Gasteiger partial charge in [0.1, 0.15) is 9.84 Å². The molecule has 0 amide bonds. The minimum atomic E-state index is -2.93. The summed E-state index contributed by atoms with van der Waals surface area (Å²) in [5.74, 6) is 0.621. The van der Waals surface area contributed by atoms with E-state index >= 15 is 0 Å². The first kappa shape index (κ1) is 15.3. The molecule has 1 N–H and O–H groups in total. The van der Waals surface area contributed by atoms with Gasteiger partial charge in [0, 0.05) is 30.6 Å². The van der Waals surface area contributed by atoms with Gasteiger partial charge in [0.05, 0.1) is 12.4 Å². The Morgan fingerprint density at radius 3 is 2.95 bits per heavy atom. The minimum Gasteiger partial charge on any atom is -0.481 e. The Balaban J connectivity index is 1.94. The number of methoxy groups -OCH3 is 1. The standard InChI is InChI=1S/C14H22N2O3S/c1-19-14-11(5-4-8-15-14)10-16-12-6-3-7-13(9-12)20(2,17)18/h4-5,8,12-13,16H,3,6-7,9-10H2,1-2H3. The van der Waals surface area contributed by atoms with Gasteiger partial charge in [0.2, 0.25) is 5.88 Å². The Labute approximate surface area is 120 Å². The van der Waals surface area contributed by atoms with Crippen LogP contribution in [0.25, 0.3) is 0 Å². The fraction of sp³-hybridized carbons (Fsp3) is 0.643. The number of nitrogens with one attached hydrogen (secondary N) is 1. The van der Waals surface area contributed by atoms with E-state index in [1.54, 1.807) is 13.3 Å². The highest BCUT2D eigenvalue weighted by molar-refractivity contribution is 7.91. The van der Waals surface area contributed by atoms with E-state index in [-0.39, 0.29) is 11.3 Å². The van der Waals surface area contributed by atoms with Crippen molar-refractivity contribution in [1.82, 2.24) is 10.3 Å². The van der Waals surface area contributed by atoms with Crippen LogP contribution in [0.3, 0.4) is 0 Å². The van der Waals surface area contributed by atoms with Crippen LogP contribution in [0.5, 0.6) is 5.88 Å². The number of pyridine rings is 1. The summed E-state index contributed by atoms with van der Waals surface area (Å²) in [7, 11) is -1.33. The molecule has 5 nitrogen and oxygen atoms in total. The van der Waals surface area contributed by atoms with Crippen LogP contribution in [0.15, 0.2) is 18.3 Å². The number of nitrogens with zero attached hydrogens (tertiary/aromatic N) is 1. The third-order valence-corrected chi connectivity index (χ3v) is 5.50. The van der Waals surface area contributed by atoms with Crippen molar-refractivity contribution in [3.05, 3.63) is 23.9 Å². The summed E-state index contributed by atoms with van der Waals surface area (Å²) in [6, 6.07) is 4.09. The normalized spacial score (nSPS) is 23.5. The van der Waals surface area contributed by atoms with Gasteiger partial charge in [-0.1, -0.05) is 12.5 Å². The highest BCUT2D eigenvalue weighted by Gasteiger charge is 2.28. The molecular weight excluding hydrogens is 276 g/mol. The third-order valence-electron chi connectivity index (χ3n) is 3.86. The molecule has 2 rings (SSSR count). The summed E-state index contributed by atoms with van der Waals surface area (Å²) in [5, 5.41) is 3.23. The van der Waals surface area contributed by atoms with Gasteiger partial charge in [0.25, 0.3) is 0 Å². The molecule has 6 heteroatoms. The van der Waals surface area contributed by atoms with Gasteiger partial charge in [0.15, 0.2) is 0 Å². The first-order valence-electron chi connectivity index (χ1n) is 6.91. The van der Waals surface area contributed by atoms with Crippen LogP contribution < -0.4 is 10.1 Å². The van der Waals surface area contributed by atoms with Crippen LogP contribution in [0, 0.1) is 0 Å². The molecule has 1 aromatic heterocycles. The molecule has 20 heavy (non-hydrogen) atoms. The molecule has 1 saturated carbocycles. The van der Waals surface area contributed by atoms with Gasteiger partial charge in [-0.15, -0.1) is 0 Å². The first-order valence-corrected chi connectivity index (χ1v) is 8.86. The highest BCUT2D eigenvalue weighted by atomic mass is 32.2. The molecule has 0 radical (unpaired) electrons. The average Bonchev–Trinajstić information content (AvgIpc) is 2.45. The van der Waals surface area contributed by atoms with Crippen LogP contribution in [-0.2, 0) is 16.4 Å². The molecule has 0 aromatic carbocycles. The number of hydrogen-bond donors (Lipinski definition) is 1. The Bertz CT molecular complexity index is 545. The summed E-state index contributed by atoms with van der Waals surface area (Å²) >= 11 is 0. The van der Waals surface area contributed by atoms with E-state index in [1.165, 1.54) is 6.26 Å². The third kappa shape index (κ3) is 3.93. The monoisotopic (exact) mass is 298 g/mol. The molecule has 1 heterocycles. The maximum absolute atomic E-state index is 11.6. The molecule has 112 valence electrons. The van der Waals surface area contributed by atoms with Crippen LogP contribution in [-0.4, -0.2) is 38.1 Å². The van der Waals surface area contributed by atoms with E-state index in [0.717, 1.165) is 24.8 Å². The molecule has 2 atom stereocenters. The van der Waals surface area contributed by atoms with Gasteiger partial charge in [-0.05, 0) is 25.3 Å². The zero-order chi connectivity index (χ0) is 14.6. The lowest BCUT2D eigenvalue weighted by molar-refractivity contribution is 0.360. The van der Waals surface area contributed by atoms with E-state index in [9.17, 15) is 8.42 Å². The van der Waals surface area contributed by atoms with E-state index in [1.807, 2.05) is 12.1 Å². The lowest BCUT2D eigenvalue weighted by atomic mass is 9.95. The lowest BCUT2D eigenvalue weighted by Gasteiger charge is -2.28. The fourth-order valence-electron chi connectivity index (χ4n) is 2.72. The summed E-state index contributed by atoms with van der Waals surface area (Å²) in [4.78, 5) is 4.16. The van der Waals surface area contributed by atoms with Crippen LogP contribution in [0.2, 0.25) is 0 Å². The fourth-order valence-corrected chi connectivity index (χ4v) is 3.89. The van der Waals surface area contributed by atoms with Crippen molar-refractivity contribution in [3.8, 4) is 5.88 Å². The van der Waals surface area contributed by atoms with E-state index < -0.39 is 9.84 Å². The largest absolute Gasteiger partial charge is 0.481 e. The molecule has 1 aromatic rings. The Morgan fingerprint density at radius 1 is 1.45 bits per heavy atom.